The zero-order valence-corrected chi connectivity index (χ0v) is 13.2. The van der Waals surface area contributed by atoms with Crippen LogP contribution in [0.4, 0.5) is 0 Å². The lowest BCUT2D eigenvalue weighted by atomic mass is 9.99. The predicted molar refractivity (Wildman–Crippen MR) is 93.4 cm³/mol. The summed E-state index contributed by atoms with van der Waals surface area (Å²) in [6.45, 7) is 0. The second-order valence-corrected chi connectivity index (χ2v) is 6.39. The van der Waals surface area contributed by atoms with Crippen LogP contribution < -0.4 is 0 Å². The Morgan fingerprint density at radius 3 is 1.78 bits per heavy atom. The van der Waals surface area contributed by atoms with Crippen LogP contribution in [0.15, 0.2) is 95.9 Å². The summed E-state index contributed by atoms with van der Waals surface area (Å²) in [4.78, 5) is 12.2. The maximum atomic E-state index is 13.0. The lowest BCUT2D eigenvalue weighted by Crippen LogP contribution is -2.32. The van der Waals surface area contributed by atoms with Gasteiger partial charge in [0.05, 0.1) is 0 Å². The van der Waals surface area contributed by atoms with Gasteiger partial charge < -0.3 is 5.11 Å². The summed E-state index contributed by atoms with van der Waals surface area (Å²) in [5.74, 6) is -0.321. The monoisotopic (exact) mass is 320 g/mol. The van der Waals surface area contributed by atoms with E-state index >= 15 is 0 Å². The van der Waals surface area contributed by atoms with Crippen LogP contribution in [0.1, 0.15) is 15.9 Å². The van der Waals surface area contributed by atoms with Crippen molar-refractivity contribution in [1.29, 1.82) is 0 Å². The number of benzene rings is 3. The van der Waals surface area contributed by atoms with Crippen LogP contribution in [-0.4, -0.2) is 10.9 Å². The first-order chi connectivity index (χ1) is 11.2. The van der Waals surface area contributed by atoms with Gasteiger partial charge in [0.2, 0.25) is 10.7 Å². The Labute approximate surface area is 139 Å². The van der Waals surface area contributed by atoms with E-state index in [-0.39, 0.29) is 5.78 Å². The third-order valence-electron chi connectivity index (χ3n) is 3.52. The fourth-order valence-corrected chi connectivity index (χ4v) is 3.44. The molecule has 0 aliphatic rings. The average Bonchev–Trinajstić information content (AvgIpc) is 2.63. The molecular weight excluding hydrogens is 304 g/mol. The second kappa shape index (κ2) is 6.82. The van der Waals surface area contributed by atoms with E-state index in [0.717, 1.165) is 16.7 Å². The molecule has 3 aromatic rings. The fourth-order valence-electron chi connectivity index (χ4n) is 2.34. The number of hydrogen-bond donors (Lipinski definition) is 1. The molecule has 3 aromatic carbocycles. The van der Waals surface area contributed by atoms with Crippen molar-refractivity contribution in [3.05, 3.63) is 102 Å². The van der Waals surface area contributed by atoms with Gasteiger partial charge in [-0.05, 0) is 12.1 Å². The van der Waals surface area contributed by atoms with E-state index in [0.29, 0.717) is 11.1 Å². The highest BCUT2D eigenvalue weighted by molar-refractivity contribution is 8.00. The van der Waals surface area contributed by atoms with E-state index in [4.69, 9.17) is 0 Å². The molecule has 0 bridgehead atoms. The summed E-state index contributed by atoms with van der Waals surface area (Å²) in [5, 5.41) is 11.3. The van der Waals surface area contributed by atoms with Crippen molar-refractivity contribution in [2.24, 2.45) is 0 Å². The Kier molecular flexibility index (Phi) is 4.60. The number of carbonyl (C=O) groups excluding carboxylic acids is 1. The number of aliphatic hydroxyl groups is 1. The molecule has 0 aliphatic carbocycles. The number of ketones is 1. The summed E-state index contributed by atoms with van der Waals surface area (Å²) in [7, 11) is 0. The van der Waals surface area contributed by atoms with Gasteiger partial charge in [-0.15, -0.1) is 0 Å². The fraction of sp³-hybridized carbons (Fsp3) is 0.0500. The summed E-state index contributed by atoms with van der Waals surface area (Å²) < 4.78 is 0. The number of hydrogen-bond acceptors (Lipinski definition) is 3. The SMILES string of the molecule is O=C(c1ccccc1)C(O)(Sc1ccccc1)c1ccccc1. The van der Waals surface area contributed by atoms with Gasteiger partial charge in [0.15, 0.2) is 0 Å². The van der Waals surface area contributed by atoms with Gasteiger partial charge in [0, 0.05) is 16.0 Å². The third kappa shape index (κ3) is 3.36. The minimum absolute atomic E-state index is 0.321. The average molecular weight is 320 g/mol. The zero-order chi connectivity index (χ0) is 16.1. The minimum Gasteiger partial charge on any atom is -0.368 e. The summed E-state index contributed by atoms with van der Waals surface area (Å²) in [6.07, 6.45) is 0. The van der Waals surface area contributed by atoms with Gasteiger partial charge in [0.25, 0.3) is 0 Å². The van der Waals surface area contributed by atoms with Crippen molar-refractivity contribution in [2.45, 2.75) is 9.83 Å². The Morgan fingerprint density at radius 1 is 0.739 bits per heavy atom. The van der Waals surface area contributed by atoms with Gasteiger partial charge in [-0.2, -0.15) is 0 Å². The van der Waals surface area contributed by atoms with Crippen LogP contribution in [0.5, 0.6) is 0 Å². The molecular formula is C20H16O2S. The lowest BCUT2D eigenvalue weighted by Gasteiger charge is -2.26. The van der Waals surface area contributed by atoms with Crippen LogP contribution >= 0.6 is 11.8 Å². The van der Waals surface area contributed by atoms with E-state index in [1.807, 2.05) is 54.6 Å². The first kappa shape index (κ1) is 15.5. The minimum atomic E-state index is -1.66. The molecule has 1 N–H and O–H groups in total. The first-order valence-corrected chi connectivity index (χ1v) is 8.13. The largest absolute Gasteiger partial charge is 0.368 e. The van der Waals surface area contributed by atoms with Crippen LogP contribution in [0.2, 0.25) is 0 Å². The summed E-state index contributed by atoms with van der Waals surface area (Å²) in [6, 6.07) is 27.4. The second-order valence-electron chi connectivity index (χ2n) is 5.12. The quantitative estimate of drug-likeness (QED) is 0.427. The van der Waals surface area contributed by atoms with Crippen molar-refractivity contribution in [1.82, 2.24) is 0 Å². The molecule has 0 aliphatic heterocycles. The van der Waals surface area contributed by atoms with Crippen LogP contribution in [0.25, 0.3) is 0 Å². The molecule has 0 radical (unpaired) electrons. The molecule has 3 rings (SSSR count). The molecule has 114 valence electrons. The number of rotatable bonds is 5. The van der Waals surface area contributed by atoms with E-state index in [1.165, 1.54) is 0 Å². The summed E-state index contributed by atoms with van der Waals surface area (Å²) in [5.41, 5.74) is 1.06. The van der Waals surface area contributed by atoms with Crippen LogP contribution in [0, 0.1) is 0 Å². The van der Waals surface area contributed by atoms with Crippen LogP contribution in [0.3, 0.4) is 0 Å². The molecule has 0 spiro atoms. The highest BCUT2D eigenvalue weighted by Gasteiger charge is 2.39. The van der Waals surface area contributed by atoms with Crippen molar-refractivity contribution in [3.63, 3.8) is 0 Å². The Bertz CT molecular complexity index is 773. The number of carbonyl (C=O) groups is 1. The van der Waals surface area contributed by atoms with Crippen molar-refractivity contribution in [3.8, 4) is 0 Å². The molecule has 0 fully saturated rings. The predicted octanol–water partition coefficient (Wildman–Crippen LogP) is 4.51. The van der Waals surface area contributed by atoms with Gasteiger partial charge in [-0.1, -0.05) is 90.6 Å². The molecule has 0 heterocycles. The maximum Gasteiger partial charge on any atom is 0.209 e. The molecule has 0 saturated carbocycles. The smallest absolute Gasteiger partial charge is 0.209 e. The van der Waals surface area contributed by atoms with Crippen LogP contribution in [-0.2, 0) is 4.93 Å². The molecule has 23 heavy (non-hydrogen) atoms. The maximum absolute atomic E-state index is 13.0. The van der Waals surface area contributed by atoms with Crippen molar-refractivity contribution in [2.75, 3.05) is 0 Å². The first-order valence-electron chi connectivity index (χ1n) is 7.32. The van der Waals surface area contributed by atoms with Gasteiger partial charge >= 0.3 is 0 Å². The van der Waals surface area contributed by atoms with Gasteiger partial charge in [0.1, 0.15) is 0 Å². The Balaban J connectivity index is 2.05. The Hall–Kier alpha value is -2.36. The number of Topliss-reactive ketones (excluding diaryl/α,β-unsaturated/α-hetero) is 1. The van der Waals surface area contributed by atoms with E-state index in [1.54, 1.807) is 36.4 Å². The molecule has 0 saturated heterocycles. The highest BCUT2D eigenvalue weighted by Crippen LogP contribution is 2.41. The Morgan fingerprint density at radius 2 is 1.22 bits per heavy atom. The summed E-state index contributed by atoms with van der Waals surface area (Å²) >= 11 is 1.15. The molecule has 3 heteroatoms. The van der Waals surface area contributed by atoms with Gasteiger partial charge in [-0.3, -0.25) is 4.79 Å². The highest BCUT2D eigenvalue weighted by atomic mass is 32.2. The van der Waals surface area contributed by atoms with E-state index < -0.39 is 4.93 Å². The standard InChI is InChI=1S/C20H16O2S/c21-19(16-10-4-1-5-11-16)20(22,17-12-6-2-7-13-17)23-18-14-8-3-9-15-18/h1-15,22H. The molecule has 0 aromatic heterocycles. The third-order valence-corrected chi connectivity index (χ3v) is 4.74. The topological polar surface area (TPSA) is 37.3 Å². The molecule has 1 unspecified atom stereocenters. The molecule has 2 nitrogen and oxygen atoms in total. The lowest BCUT2D eigenvalue weighted by molar-refractivity contribution is 0.0659. The van der Waals surface area contributed by atoms with Crippen molar-refractivity contribution < 1.29 is 9.90 Å². The van der Waals surface area contributed by atoms with E-state index in [2.05, 4.69) is 0 Å². The van der Waals surface area contributed by atoms with E-state index in [9.17, 15) is 9.90 Å². The molecule has 1 atom stereocenters. The molecule has 0 amide bonds. The normalized spacial score (nSPS) is 13.3. The van der Waals surface area contributed by atoms with Gasteiger partial charge in [-0.25, -0.2) is 0 Å². The number of thioether (sulfide) groups is 1. The van der Waals surface area contributed by atoms with Crippen molar-refractivity contribution >= 4 is 17.5 Å². The zero-order valence-electron chi connectivity index (χ0n) is 12.4.